The molecule has 11 heteroatoms. The van der Waals surface area contributed by atoms with Crippen molar-refractivity contribution in [2.24, 2.45) is 0 Å². The van der Waals surface area contributed by atoms with E-state index in [-0.39, 0.29) is 21.1 Å². The molecule has 0 aromatic heterocycles. The molecular weight excluding hydrogens is 398 g/mol. The van der Waals surface area contributed by atoms with E-state index >= 15 is 0 Å². The fraction of sp³-hybridized carbons (Fsp3) is 0.125. The van der Waals surface area contributed by atoms with Crippen LogP contribution in [0.1, 0.15) is 10.4 Å². The van der Waals surface area contributed by atoms with Gasteiger partial charge in [0.1, 0.15) is 16.4 Å². The van der Waals surface area contributed by atoms with E-state index in [9.17, 15) is 32.3 Å². The first-order valence-corrected chi connectivity index (χ1v) is 10.5. The molecule has 2 aromatic rings. The molecule has 0 heterocycles. The van der Waals surface area contributed by atoms with Crippen molar-refractivity contribution in [1.82, 2.24) is 0 Å². The Morgan fingerprint density at radius 3 is 2.52 bits per heavy atom. The van der Waals surface area contributed by atoms with Crippen LogP contribution in [0.3, 0.4) is 0 Å². The highest BCUT2D eigenvalue weighted by molar-refractivity contribution is 7.90. The third-order valence-electron chi connectivity index (χ3n) is 3.32. The molecule has 0 radical (unpaired) electrons. The molecule has 0 N–H and O–H groups in total. The number of benzene rings is 2. The smallest absolute Gasteiger partial charge is 0.324 e. The van der Waals surface area contributed by atoms with E-state index in [1.807, 2.05) is 0 Å². The maximum absolute atomic E-state index is 12.4. The zero-order chi connectivity index (χ0) is 20.2. The minimum absolute atomic E-state index is 0.0311. The summed E-state index contributed by atoms with van der Waals surface area (Å²) in [6.07, 6.45) is 1.36. The summed E-state index contributed by atoms with van der Waals surface area (Å²) < 4.78 is 40.4. The summed E-state index contributed by atoms with van der Waals surface area (Å²) in [6.45, 7) is 0. The summed E-state index contributed by atoms with van der Waals surface area (Å²) in [5.74, 6) is -1.72. The molecule has 0 saturated heterocycles. The fourth-order valence-electron chi connectivity index (χ4n) is 2.07. The standard InChI is InChI=1S/C16H13NO8S2/c1-27(23,24)12-6-7-15(13(8-12)17(20)21)26(22)10-16(19)25-14-5-3-2-4-11(14)9-18/h2-9H,10H2,1H3. The zero-order valence-electron chi connectivity index (χ0n) is 13.9. The summed E-state index contributed by atoms with van der Waals surface area (Å²) in [5, 5.41) is 11.2. The molecule has 0 saturated carbocycles. The normalized spacial score (nSPS) is 12.2. The predicted molar refractivity (Wildman–Crippen MR) is 94.9 cm³/mol. The van der Waals surface area contributed by atoms with Gasteiger partial charge in [-0.1, -0.05) is 12.1 Å². The quantitative estimate of drug-likeness (QED) is 0.220. The topological polar surface area (TPSA) is 138 Å². The van der Waals surface area contributed by atoms with E-state index in [0.717, 1.165) is 24.5 Å². The van der Waals surface area contributed by atoms with Crippen molar-refractivity contribution in [1.29, 1.82) is 0 Å². The molecule has 0 amide bonds. The van der Waals surface area contributed by atoms with Gasteiger partial charge in [0.15, 0.2) is 16.1 Å². The zero-order valence-corrected chi connectivity index (χ0v) is 15.5. The highest BCUT2D eigenvalue weighted by atomic mass is 32.2. The van der Waals surface area contributed by atoms with Gasteiger partial charge in [-0.2, -0.15) is 0 Å². The van der Waals surface area contributed by atoms with Gasteiger partial charge >= 0.3 is 5.97 Å². The largest absolute Gasteiger partial charge is 0.425 e. The molecule has 0 spiro atoms. The number of nitrogens with zero attached hydrogens (tertiary/aromatic N) is 1. The van der Waals surface area contributed by atoms with Gasteiger partial charge in [-0.25, -0.2) is 8.42 Å². The molecule has 0 aliphatic rings. The van der Waals surface area contributed by atoms with E-state index in [1.165, 1.54) is 18.2 Å². The molecule has 142 valence electrons. The average Bonchev–Trinajstić information content (AvgIpc) is 2.60. The van der Waals surface area contributed by atoms with Gasteiger partial charge < -0.3 is 4.74 Å². The van der Waals surface area contributed by atoms with Crippen molar-refractivity contribution >= 4 is 38.6 Å². The van der Waals surface area contributed by atoms with Crippen LogP contribution in [-0.4, -0.2) is 41.8 Å². The summed E-state index contributed by atoms with van der Waals surface area (Å²) >= 11 is 0. The predicted octanol–water partition coefficient (Wildman–Crippen LogP) is 1.52. The molecule has 1 atom stereocenters. The number of para-hydroxylation sites is 1. The highest BCUT2D eigenvalue weighted by Crippen LogP contribution is 2.26. The Kier molecular flexibility index (Phi) is 6.18. The van der Waals surface area contributed by atoms with Gasteiger partial charge in [-0.15, -0.1) is 0 Å². The van der Waals surface area contributed by atoms with Crippen LogP contribution in [0.25, 0.3) is 0 Å². The lowest BCUT2D eigenvalue weighted by Crippen LogP contribution is -2.18. The molecule has 0 aliphatic carbocycles. The number of rotatable bonds is 7. The van der Waals surface area contributed by atoms with Crippen molar-refractivity contribution in [2.75, 3.05) is 12.0 Å². The lowest BCUT2D eigenvalue weighted by atomic mass is 10.2. The van der Waals surface area contributed by atoms with Gasteiger partial charge in [-0.3, -0.25) is 23.9 Å². The Morgan fingerprint density at radius 2 is 1.93 bits per heavy atom. The van der Waals surface area contributed by atoms with Crippen molar-refractivity contribution in [3.8, 4) is 5.75 Å². The van der Waals surface area contributed by atoms with Gasteiger partial charge in [0.05, 0.1) is 26.2 Å². The lowest BCUT2D eigenvalue weighted by molar-refractivity contribution is -0.388. The second-order valence-corrected chi connectivity index (χ2v) is 8.71. The first-order valence-electron chi connectivity index (χ1n) is 7.25. The Balaban J connectivity index is 2.26. The van der Waals surface area contributed by atoms with E-state index in [2.05, 4.69) is 0 Å². The van der Waals surface area contributed by atoms with Gasteiger partial charge in [0.2, 0.25) is 0 Å². The number of nitro groups is 1. The van der Waals surface area contributed by atoms with Crippen LogP contribution >= 0.6 is 0 Å². The van der Waals surface area contributed by atoms with Gasteiger partial charge in [0, 0.05) is 12.3 Å². The molecule has 0 fully saturated rings. The number of sulfone groups is 1. The van der Waals surface area contributed by atoms with Crippen molar-refractivity contribution in [3.63, 3.8) is 0 Å². The summed E-state index contributed by atoms with van der Waals surface area (Å²) in [6, 6.07) is 8.76. The number of carbonyl (C=O) groups is 2. The number of aldehydes is 1. The highest BCUT2D eigenvalue weighted by Gasteiger charge is 2.24. The van der Waals surface area contributed by atoms with E-state index in [1.54, 1.807) is 6.07 Å². The maximum Gasteiger partial charge on any atom is 0.324 e. The SMILES string of the molecule is CS(=O)(=O)c1ccc(S(=O)CC(=O)Oc2ccccc2C=O)c([N+](=O)[O-])c1. The third kappa shape index (κ3) is 5.05. The lowest BCUT2D eigenvalue weighted by Gasteiger charge is -2.07. The van der Waals surface area contributed by atoms with Crippen LogP contribution in [0.15, 0.2) is 52.3 Å². The molecule has 27 heavy (non-hydrogen) atoms. The fourth-order valence-corrected chi connectivity index (χ4v) is 3.73. The molecule has 1 unspecified atom stereocenters. The number of carbonyl (C=O) groups excluding carboxylic acids is 2. The second kappa shape index (κ2) is 8.18. The second-order valence-electron chi connectivity index (χ2n) is 5.28. The van der Waals surface area contributed by atoms with Gasteiger partial charge in [0.25, 0.3) is 5.69 Å². The van der Waals surface area contributed by atoms with Crippen LogP contribution in [0, 0.1) is 10.1 Å². The van der Waals surface area contributed by atoms with Crippen molar-refractivity contribution in [2.45, 2.75) is 9.79 Å². The van der Waals surface area contributed by atoms with E-state index in [4.69, 9.17) is 4.74 Å². The number of hydrogen-bond acceptors (Lipinski definition) is 8. The Bertz CT molecular complexity index is 1050. The molecular formula is C16H13NO8S2. The van der Waals surface area contributed by atoms with Crippen LogP contribution in [-0.2, 0) is 25.4 Å². The van der Waals surface area contributed by atoms with Crippen molar-refractivity contribution < 1.29 is 31.9 Å². The van der Waals surface area contributed by atoms with Crippen LogP contribution in [0.5, 0.6) is 5.75 Å². The first kappa shape index (κ1) is 20.4. The number of ether oxygens (including phenoxy) is 1. The molecule has 9 nitrogen and oxygen atoms in total. The van der Waals surface area contributed by atoms with Crippen LogP contribution in [0.4, 0.5) is 5.69 Å². The third-order valence-corrected chi connectivity index (χ3v) is 5.76. The van der Waals surface area contributed by atoms with Crippen molar-refractivity contribution in [3.05, 3.63) is 58.1 Å². The number of esters is 1. The van der Waals surface area contributed by atoms with E-state index < -0.39 is 43.0 Å². The minimum atomic E-state index is -3.70. The molecule has 0 bridgehead atoms. The molecule has 2 aromatic carbocycles. The average molecular weight is 411 g/mol. The molecule has 0 aliphatic heterocycles. The number of nitro benzene ring substituents is 1. The Labute approximate surface area is 156 Å². The first-order chi connectivity index (χ1) is 12.6. The summed E-state index contributed by atoms with van der Waals surface area (Å²) in [5.41, 5.74) is -0.572. The monoisotopic (exact) mass is 411 g/mol. The number of hydrogen-bond donors (Lipinski definition) is 0. The minimum Gasteiger partial charge on any atom is -0.425 e. The summed E-state index contributed by atoms with van der Waals surface area (Å²) in [4.78, 5) is 32.6. The van der Waals surface area contributed by atoms with Gasteiger partial charge in [-0.05, 0) is 24.3 Å². The van der Waals surface area contributed by atoms with Crippen LogP contribution < -0.4 is 4.74 Å². The summed E-state index contributed by atoms with van der Waals surface area (Å²) in [7, 11) is -5.86. The maximum atomic E-state index is 12.4. The Hall–Kier alpha value is -2.92. The van der Waals surface area contributed by atoms with Crippen LogP contribution in [0.2, 0.25) is 0 Å². The Morgan fingerprint density at radius 1 is 1.26 bits per heavy atom. The van der Waals surface area contributed by atoms with E-state index in [0.29, 0.717) is 6.29 Å². The molecule has 2 rings (SSSR count).